The number of fused-ring (bicyclic) bond motifs is 1. The Morgan fingerprint density at radius 1 is 1.17 bits per heavy atom. The van der Waals surface area contributed by atoms with Crippen molar-refractivity contribution in [3.8, 4) is 11.5 Å². The van der Waals surface area contributed by atoms with Crippen LogP contribution in [0.15, 0.2) is 52.4 Å². The summed E-state index contributed by atoms with van der Waals surface area (Å²) in [5.41, 5.74) is -0.377. The monoisotopic (exact) mass is 332 g/mol. The van der Waals surface area contributed by atoms with Crippen molar-refractivity contribution >= 4 is 17.1 Å². The molecule has 0 bridgehead atoms. The van der Waals surface area contributed by atoms with Gasteiger partial charge in [0, 0.05) is 35.2 Å². The van der Waals surface area contributed by atoms with Crippen molar-refractivity contribution < 1.29 is 9.84 Å². The number of aromatic nitrogens is 2. The number of hydrogen-bond donors (Lipinski definition) is 1. The van der Waals surface area contributed by atoms with Gasteiger partial charge >= 0.3 is 0 Å². The summed E-state index contributed by atoms with van der Waals surface area (Å²) in [7, 11) is 1.52. The Labute approximate surface area is 135 Å². The Hall–Kier alpha value is -2.73. The molecule has 0 aliphatic carbocycles. The van der Waals surface area contributed by atoms with Crippen LogP contribution in [0.25, 0.3) is 5.52 Å². The molecule has 0 unspecified atom stereocenters. The fraction of sp³-hybridized carbons (Fsp3) is 0.125. The van der Waals surface area contributed by atoms with Crippen molar-refractivity contribution in [1.82, 2.24) is 8.97 Å². The molecule has 3 aromatic rings. The lowest BCUT2D eigenvalue weighted by Gasteiger charge is -2.12. The lowest BCUT2D eigenvalue weighted by molar-refractivity contribution is 0.408. The van der Waals surface area contributed by atoms with Gasteiger partial charge in [-0.2, -0.15) is 0 Å². The van der Waals surface area contributed by atoms with Crippen molar-refractivity contribution in [3.63, 3.8) is 0 Å². The molecule has 2 heterocycles. The second kappa shape index (κ2) is 5.81. The van der Waals surface area contributed by atoms with Crippen LogP contribution in [0, 0.1) is 0 Å². The summed E-state index contributed by atoms with van der Waals surface area (Å²) < 4.78 is 8.06. The molecule has 0 saturated heterocycles. The van der Waals surface area contributed by atoms with E-state index in [9.17, 15) is 14.7 Å². The number of rotatable bonds is 3. The largest absolute Gasteiger partial charge is 0.503 e. The maximum absolute atomic E-state index is 12.5. The van der Waals surface area contributed by atoms with Crippen molar-refractivity contribution in [2.24, 2.45) is 0 Å². The highest BCUT2D eigenvalue weighted by atomic mass is 35.5. The quantitative estimate of drug-likeness (QED) is 0.794. The number of pyridine rings is 1. The van der Waals surface area contributed by atoms with E-state index in [2.05, 4.69) is 0 Å². The van der Waals surface area contributed by atoms with Gasteiger partial charge in [0.15, 0.2) is 11.3 Å². The Balaban J connectivity index is 2.15. The predicted octanol–water partition coefficient (Wildman–Crippen LogP) is 1.88. The van der Waals surface area contributed by atoms with Crippen LogP contribution in [0.1, 0.15) is 5.56 Å². The molecule has 0 saturated carbocycles. The Bertz CT molecular complexity index is 1010. The van der Waals surface area contributed by atoms with Crippen LogP contribution in [0.3, 0.4) is 0 Å². The SMILES string of the molecule is COc1cc(Cl)ccc1Cn1ccn2ccc(=O)c(O)c2c1=O. The molecule has 0 atom stereocenters. The molecule has 1 aromatic carbocycles. The standard InChI is InChI=1S/C16H13ClN2O4/c1-23-13-8-11(17)3-2-10(13)9-19-7-6-18-5-4-12(20)15(21)14(18)16(19)22/h2-8,21H,9H2,1H3. The van der Waals surface area contributed by atoms with Gasteiger partial charge in [-0.05, 0) is 12.1 Å². The minimum absolute atomic E-state index is 0.0621. The van der Waals surface area contributed by atoms with Crippen LogP contribution >= 0.6 is 11.6 Å². The first kappa shape index (κ1) is 15.2. The van der Waals surface area contributed by atoms with Gasteiger partial charge in [-0.15, -0.1) is 0 Å². The van der Waals surface area contributed by atoms with E-state index < -0.39 is 16.7 Å². The highest BCUT2D eigenvalue weighted by molar-refractivity contribution is 6.30. The Morgan fingerprint density at radius 3 is 2.70 bits per heavy atom. The maximum atomic E-state index is 12.5. The molecule has 0 amide bonds. The maximum Gasteiger partial charge on any atom is 0.279 e. The highest BCUT2D eigenvalue weighted by Gasteiger charge is 2.12. The van der Waals surface area contributed by atoms with Crippen molar-refractivity contribution in [1.29, 1.82) is 0 Å². The topological polar surface area (TPSA) is 72.9 Å². The third-order valence-electron chi connectivity index (χ3n) is 3.56. The van der Waals surface area contributed by atoms with E-state index in [0.29, 0.717) is 10.8 Å². The first-order chi connectivity index (χ1) is 11.0. The second-order valence-corrected chi connectivity index (χ2v) is 5.41. The van der Waals surface area contributed by atoms with Crippen LogP contribution < -0.4 is 15.7 Å². The second-order valence-electron chi connectivity index (χ2n) is 4.97. The fourth-order valence-electron chi connectivity index (χ4n) is 2.39. The van der Waals surface area contributed by atoms with Gasteiger partial charge in [-0.1, -0.05) is 17.7 Å². The summed E-state index contributed by atoms with van der Waals surface area (Å²) in [4.78, 5) is 24.1. The van der Waals surface area contributed by atoms with Crippen LogP contribution in [0.5, 0.6) is 11.5 Å². The van der Waals surface area contributed by atoms with E-state index >= 15 is 0 Å². The number of benzene rings is 1. The minimum atomic E-state index is -0.594. The van der Waals surface area contributed by atoms with Crippen molar-refractivity contribution in [2.75, 3.05) is 7.11 Å². The first-order valence-electron chi connectivity index (χ1n) is 6.77. The molecule has 118 valence electrons. The number of methoxy groups -OCH3 is 1. The minimum Gasteiger partial charge on any atom is -0.503 e. The first-order valence-corrected chi connectivity index (χ1v) is 7.15. The van der Waals surface area contributed by atoms with Gasteiger partial charge in [-0.25, -0.2) is 0 Å². The molecule has 0 spiro atoms. The van der Waals surface area contributed by atoms with Gasteiger partial charge < -0.3 is 18.8 Å². The summed E-state index contributed by atoms with van der Waals surface area (Å²) in [6, 6.07) is 6.32. The molecule has 7 heteroatoms. The van der Waals surface area contributed by atoms with Crippen molar-refractivity contribution in [2.45, 2.75) is 6.54 Å². The predicted molar refractivity (Wildman–Crippen MR) is 86.7 cm³/mol. The van der Waals surface area contributed by atoms with Gasteiger partial charge in [0.2, 0.25) is 5.43 Å². The molecule has 0 radical (unpaired) electrons. The molecular weight excluding hydrogens is 320 g/mol. The third-order valence-corrected chi connectivity index (χ3v) is 3.80. The van der Waals surface area contributed by atoms with E-state index in [0.717, 1.165) is 5.56 Å². The van der Waals surface area contributed by atoms with Crippen molar-refractivity contribution in [3.05, 3.63) is 74.0 Å². The summed E-state index contributed by atoms with van der Waals surface area (Å²) in [6.07, 6.45) is 4.61. The summed E-state index contributed by atoms with van der Waals surface area (Å²) in [5.74, 6) is -0.00568. The van der Waals surface area contributed by atoms with E-state index in [-0.39, 0.29) is 12.1 Å². The van der Waals surface area contributed by atoms with Gasteiger partial charge in [0.25, 0.3) is 5.56 Å². The Kier molecular flexibility index (Phi) is 3.83. The number of halogens is 1. The van der Waals surface area contributed by atoms with Crippen LogP contribution in [0.2, 0.25) is 5.02 Å². The summed E-state index contributed by atoms with van der Waals surface area (Å²) in [5, 5.41) is 10.4. The molecule has 0 fully saturated rings. The van der Waals surface area contributed by atoms with E-state index in [4.69, 9.17) is 16.3 Å². The fourth-order valence-corrected chi connectivity index (χ4v) is 2.55. The number of nitrogens with zero attached hydrogens (tertiary/aromatic N) is 2. The lowest BCUT2D eigenvalue weighted by atomic mass is 10.2. The van der Waals surface area contributed by atoms with Gasteiger partial charge in [0.1, 0.15) is 5.75 Å². The van der Waals surface area contributed by atoms with Crippen LogP contribution in [-0.4, -0.2) is 21.2 Å². The molecular formula is C16H13ClN2O4. The lowest BCUT2D eigenvalue weighted by Crippen LogP contribution is -2.24. The van der Waals surface area contributed by atoms with Gasteiger partial charge in [0.05, 0.1) is 13.7 Å². The summed E-state index contributed by atoms with van der Waals surface area (Å²) >= 11 is 5.93. The molecule has 3 rings (SSSR count). The molecule has 23 heavy (non-hydrogen) atoms. The average molecular weight is 333 g/mol. The zero-order valence-electron chi connectivity index (χ0n) is 12.2. The number of hydrogen-bond acceptors (Lipinski definition) is 4. The number of ether oxygens (including phenoxy) is 1. The van der Waals surface area contributed by atoms with E-state index in [1.165, 1.54) is 28.3 Å². The average Bonchev–Trinajstić information content (AvgIpc) is 2.54. The molecule has 6 nitrogen and oxygen atoms in total. The molecule has 0 aliphatic rings. The highest BCUT2D eigenvalue weighted by Crippen LogP contribution is 2.23. The van der Waals surface area contributed by atoms with E-state index in [1.54, 1.807) is 30.6 Å². The molecule has 2 aromatic heterocycles. The zero-order chi connectivity index (χ0) is 16.6. The smallest absolute Gasteiger partial charge is 0.279 e. The van der Waals surface area contributed by atoms with Crippen LogP contribution in [-0.2, 0) is 6.54 Å². The third kappa shape index (κ3) is 2.68. The normalized spacial score (nSPS) is 10.9. The Morgan fingerprint density at radius 2 is 1.96 bits per heavy atom. The molecule has 1 N–H and O–H groups in total. The van der Waals surface area contributed by atoms with Crippen LogP contribution in [0.4, 0.5) is 0 Å². The van der Waals surface area contributed by atoms with E-state index in [1.807, 2.05) is 0 Å². The molecule has 0 aliphatic heterocycles. The van der Waals surface area contributed by atoms with Gasteiger partial charge in [-0.3, -0.25) is 9.59 Å². The zero-order valence-corrected chi connectivity index (χ0v) is 12.9. The number of aromatic hydroxyl groups is 1. The summed E-state index contributed by atoms with van der Waals surface area (Å²) in [6.45, 7) is 0.220.